The van der Waals surface area contributed by atoms with Crippen LogP contribution in [0, 0.1) is 0 Å². The van der Waals surface area contributed by atoms with Gasteiger partial charge < -0.3 is 4.74 Å². The molecule has 1 aromatic heterocycles. The second-order valence-electron chi connectivity index (χ2n) is 7.34. The van der Waals surface area contributed by atoms with Crippen molar-refractivity contribution in [1.29, 1.82) is 0 Å². The number of thiophene rings is 1. The largest absolute Gasteiger partial charge is 0.492 e. The first-order chi connectivity index (χ1) is 13.3. The number of ether oxygens (including phenoxy) is 1. The first-order valence-corrected chi connectivity index (χ1v) is 12.2. The predicted molar refractivity (Wildman–Crippen MR) is 115 cm³/mol. The van der Waals surface area contributed by atoms with Crippen LogP contribution in [0.1, 0.15) is 38.2 Å². The van der Waals surface area contributed by atoms with Crippen LogP contribution in [0.4, 0.5) is 0 Å². The normalized spacial score (nSPS) is 16.6. The molecule has 1 N–H and O–H groups in total. The van der Waals surface area contributed by atoms with Crippen molar-refractivity contribution in [3.8, 4) is 5.75 Å². The molecule has 0 unspecified atom stereocenters. The number of hydrogen-bond acceptors (Lipinski definition) is 5. The number of sulfonamides is 1. The van der Waals surface area contributed by atoms with Crippen LogP contribution in [0.2, 0.25) is 4.34 Å². The maximum atomic E-state index is 12.4. The summed E-state index contributed by atoms with van der Waals surface area (Å²) in [6.07, 6.45) is 1.59. The molecule has 5 nitrogen and oxygen atoms in total. The maximum Gasteiger partial charge on any atom is 0.250 e. The molecule has 0 bridgehead atoms. The minimum Gasteiger partial charge on any atom is -0.492 e. The molecule has 0 radical (unpaired) electrons. The molecular weight excluding hydrogens is 416 g/mol. The lowest BCUT2D eigenvalue weighted by molar-refractivity contribution is 0.170. The molecule has 2 aromatic rings. The standard InChI is InChI=1S/C20H27ClN2O3S2/c1-15(2)17-5-3-4-6-18(17)26-14-13-23-11-9-16(10-12-23)22-28(24,25)20-8-7-19(21)27-20/h3-8,15-16,22H,9-14H2,1-2H3. The van der Waals surface area contributed by atoms with E-state index in [9.17, 15) is 8.42 Å². The first kappa shape index (κ1) is 21.6. The van der Waals surface area contributed by atoms with E-state index in [1.54, 1.807) is 12.1 Å². The van der Waals surface area contributed by atoms with Gasteiger partial charge in [-0.2, -0.15) is 0 Å². The highest BCUT2D eigenvalue weighted by molar-refractivity contribution is 7.91. The zero-order valence-corrected chi connectivity index (χ0v) is 18.6. The Kier molecular flexibility index (Phi) is 7.39. The van der Waals surface area contributed by atoms with Crippen LogP contribution in [0.3, 0.4) is 0 Å². The van der Waals surface area contributed by atoms with Gasteiger partial charge in [-0.1, -0.05) is 43.6 Å². The Balaban J connectivity index is 1.43. The molecule has 0 spiro atoms. The van der Waals surface area contributed by atoms with Gasteiger partial charge in [0, 0.05) is 12.6 Å². The van der Waals surface area contributed by atoms with Crippen molar-refractivity contribution in [1.82, 2.24) is 9.62 Å². The minimum atomic E-state index is -3.48. The molecule has 1 aliphatic rings. The molecule has 8 heteroatoms. The van der Waals surface area contributed by atoms with E-state index >= 15 is 0 Å². The molecular formula is C20H27ClN2O3S2. The fourth-order valence-corrected chi connectivity index (χ4v) is 6.17. The zero-order valence-electron chi connectivity index (χ0n) is 16.2. The van der Waals surface area contributed by atoms with E-state index in [1.807, 2.05) is 18.2 Å². The zero-order chi connectivity index (χ0) is 20.1. The number of halogens is 1. The molecule has 1 fully saturated rings. The van der Waals surface area contributed by atoms with E-state index < -0.39 is 10.0 Å². The van der Waals surface area contributed by atoms with E-state index in [4.69, 9.17) is 16.3 Å². The van der Waals surface area contributed by atoms with Gasteiger partial charge in [-0.25, -0.2) is 13.1 Å². The van der Waals surface area contributed by atoms with Gasteiger partial charge in [0.15, 0.2) is 0 Å². The summed E-state index contributed by atoms with van der Waals surface area (Å²) in [6, 6.07) is 11.3. The molecule has 0 aliphatic carbocycles. The molecule has 1 saturated heterocycles. The quantitative estimate of drug-likeness (QED) is 0.660. The lowest BCUT2D eigenvalue weighted by Gasteiger charge is -2.32. The molecule has 28 heavy (non-hydrogen) atoms. The van der Waals surface area contributed by atoms with E-state index in [1.165, 1.54) is 5.56 Å². The molecule has 0 saturated carbocycles. The van der Waals surface area contributed by atoms with Crippen molar-refractivity contribution >= 4 is 33.0 Å². The van der Waals surface area contributed by atoms with Crippen LogP contribution >= 0.6 is 22.9 Å². The number of nitrogens with zero attached hydrogens (tertiary/aromatic N) is 1. The summed E-state index contributed by atoms with van der Waals surface area (Å²) < 4.78 is 34.4. The molecule has 1 aliphatic heterocycles. The number of benzene rings is 1. The third kappa shape index (κ3) is 5.70. The number of hydrogen-bond donors (Lipinski definition) is 1. The molecule has 0 amide bonds. The van der Waals surface area contributed by atoms with Gasteiger partial charge in [0.1, 0.15) is 16.6 Å². The molecule has 154 valence electrons. The highest BCUT2D eigenvalue weighted by Gasteiger charge is 2.25. The van der Waals surface area contributed by atoms with Crippen molar-refractivity contribution in [2.75, 3.05) is 26.2 Å². The number of likely N-dealkylation sites (tertiary alicyclic amines) is 1. The summed E-state index contributed by atoms with van der Waals surface area (Å²) in [4.78, 5) is 2.32. The van der Waals surface area contributed by atoms with Crippen molar-refractivity contribution in [3.63, 3.8) is 0 Å². The Hall–Kier alpha value is -1.12. The predicted octanol–water partition coefficient (Wildman–Crippen LogP) is 4.35. The highest BCUT2D eigenvalue weighted by atomic mass is 35.5. The first-order valence-electron chi connectivity index (χ1n) is 9.57. The highest BCUT2D eigenvalue weighted by Crippen LogP contribution is 2.27. The number of piperidine rings is 1. The van der Waals surface area contributed by atoms with E-state index in [0.717, 1.165) is 49.6 Å². The summed E-state index contributed by atoms with van der Waals surface area (Å²) in [5, 5.41) is 0. The van der Waals surface area contributed by atoms with Crippen LogP contribution in [0.25, 0.3) is 0 Å². The average molecular weight is 443 g/mol. The van der Waals surface area contributed by atoms with E-state index in [0.29, 0.717) is 16.9 Å². The van der Waals surface area contributed by atoms with Gasteiger partial charge in [-0.15, -0.1) is 11.3 Å². The Morgan fingerprint density at radius 3 is 2.57 bits per heavy atom. The molecule has 0 atom stereocenters. The summed E-state index contributed by atoms with van der Waals surface area (Å²) in [7, 11) is -3.48. The van der Waals surface area contributed by atoms with E-state index in [2.05, 4.69) is 29.5 Å². The molecule has 3 rings (SSSR count). The van der Waals surface area contributed by atoms with Crippen LogP contribution in [-0.4, -0.2) is 45.6 Å². The number of rotatable bonds is 8. The third-order valence-corrected chi connectivity index (χ3v) is 8.17. The Morgan fingerprint density at radius 1 is 1.21 bits per heavy atom. The second-order valence-corrected chi connectivity index (χ2v) is 11.0. The average Bonchev–Trinajstić information content (AvgIpc) is 3.11. The number of nitrogens with one attached hydrogen (secondary N) is 1. The molecule has 1 aromatic carbocycles. The second kappa shape index (κ2) is 9.59. The van der Waals surface area contributed by atoms with Gasteiger partial charge in [-0.3, -0.25) is 4.90 Å². The van der Waals surface area contributed by atoms with Crippen molar-refractivity contribution < 1.29 is 13.2 Å². The minimum absolute atomic E-state index is 0.0373. The van der Waals surface area contributed by atoms with Crippen LogP contribution in [0.15, 0.2) is 40.6 Å². The Morgan fingerprint density at radius 2 is 1.93 bits per heavy atom. The topological polar surface area (TPSA) is 58.6 Å². The summed E-state index contributed by atoms with van der Waals surface area (Å²) in [6.45, 7) is 7.51. The van der Waals surface area contributed by atoms with Gasteiger partial charge in [0.25, 0.3) is 0 Å². The van der Waals surface area contributed by atoms with Gasteiger partial charge in [0.05, 0.1) is 4.34 Å². The SMILES string of the molecule is CC(C)c1ccccc1OCCN1CCC(NS(=O)(=O)c2ccc(Cl)s2)CC1. The van der Waals surface area contributed by atoms with Crippen molar-refractivity contribution in [3.05, 3.63) is 46.3 Å². The van der Waals surface area contributed by atoms with Crippen LogP contribution in [-0.2, 0) is 10.0 Å². The fourth-order valence-electron chi connectivity index (χ4n) is 3.37. The van der Waals surface area contributed by atoms with E-state index in [-0.39, 0.29) is 10.3 Å². The van der Waals surface area contributed by atoms with Crippen LogP contribution < -0.4 is 9.46 Å². The lowest BCUT2D eigenvalue weighted by atomic mass is 10.0. The lowest BCUT2D eigenvalue weighted by Crippen LogP contribution is -2.45. The summed E-state index contributed by atoms with van der Waals surface area (Å²) in [5.41, 5.74) is 1.23. The smallest absolute Gasteiger partial charge is 0.250 e. The van der Waals surface area contributed by atoms with Crippen molar-refractivity contribution in [2.24, 2.45) is 0 Å². The number of para-hydroxylation sites is 1. The third-order valence-electron chi connectivity index (χ3n) is 4.93. The van der Waals surface area contributed by atoms with Crippen molar-refractivity contribution in [2.45, 2.75) is 42.9 Å². The summed E-state index contributed by atoms with van der Waals surface area (Å²) >= 11 is 6.94. The molecule has 2 heterocycles. The summed E-state index contributed by atoms with van der Waals surface area (Å²) in [5.74, 6) is 1.38. The monoisotopic (exact) mass is 442 g/mol. The Bertz CT molecular complexity index is 875. The van der Waals surface area contributed by atoms with Crippen LogP contribution in [0.5, 0.6) is 5.75 Å². The fraction of sp³-hybridized carbons (Fsp3) is 0.500. The van der Waals surface area contributed by atoms with Gasteiger partial charge >= 0.3 is 0 Å². The maximum absolute atomic E-state index is 12.4. The Labute approximate surface area is 176 Å². The van der Waals surface area contributed by atoms with Gasteiger partial charge in [0.2, 0.25) is 10.0 Å². The van der Waals surface area contributed by atoms with Gasteiger partial charge in [-0.05, 0) is 55.6 Å².